The predicted octanol–water partition coefficient (Wildman–Crippen LogP) is 2.74. The molecule has 3 heterocycles. The minimum atomic E-state index is -1.05. The lowest BCUT2D eigenvalue weighted by molar-refractivity contribution is -0.143. The summed E-state index contributed by atoms with van der Waals surface area (Å²) in [6.07, 6.45) is 2.81. The topological polar surface area (TPSA) is 74.0 Å². The molecule has 2 aliphatic heterocycles. The van der Waals surface area contributed by atoms with Gasteiger partial charge in [-0.1, -0.05) is 30.3 Å². The van der Waals surface area contributed by atoms with Gasteiger partial charge < -0.3 is 14.4 Å². The van der Waals surface area contributed by atoms with Crippen LogP contribution in [0.5, 0.6) is 0 Å². The van der Waals surface area contributed by atoms with Crippen molar-refractivity contribution < 1.29 is 19.1 Å². The minimum Gasteiger partial charge on any atom is -0.481 e. The maximum Gasteiger partial charge on any atom is 0.316 e. The highest BCUT2D eigenvalue weighted by molar-refractivity contribution is 5.93. The van der Waals surface area contributed by atoms with E-state index in [2.05, 4.69) is 4.90 Å². The molecule has 0 radical (unpaired) electrons. The van der Waals surface area contributed by atoms with Crippen LogP contribution in [0.4, 0.5) is 0 Å². The Balaban J connectivity index is 1.48. The SMILES string of the molecule is O=C(c1ccc(CN2CCCC2)o1)N1CCC(C(=O)O)(c2ccccc2)C1. The van der Waals surface area contributed by atoms with E-state index < -0.39 is 11.4 Å². The molecule has 0 aliphatic carbocycles. The van der Waals surface area contributed by atoms with Crippen LogP contribution in [0.25, 0.3) is 0 Å². The van der Waals surface area contributed by atoms with Crippen LogP contribution in [0, 0.1) is 0 Å². The predicted molar refractivity (Wildman–Crippen MR) is 99.5 cm³/mol. The standard InChI is InChI=1S/C21H24N2O4/c24-19(18-9-8-17(27-18)14-22-11-4-5-12-22)23-13-10-21(15-23,20(25)26)16-6-2-1-3-7-16/h1-3,6-9H,4-5,10-15H2,(H,25,26). The Hall–Kier alpha value is -2.60. The van der Waals surface area contributed by atoms with Crippen molar-refractivity contribution in [2.45, 2.75) is 31.2 Å². The molecular formula is C21H24N2O4. The fourth-order valence-corrected chi connectivity index (χ4v) is 4.17. The van der Waals surface area contributed by atoms with Crippen molar-refractivity contribution in [2.24, 2.45) is 0 Å². The number of likely N-dealkylation sites (tertiary alicyclic amines) is 2. The van der Waals surface area contributed by atoms with Crippen molar-refractivity contribution in [1.82, 2.24) is 9.80 Å². The Kier molecular flexibility index (Phi) is 4.74. The van der Waals surface area contributed by atoms with Crippen LogP contribution in [0.3, 0.4) is 0 Å². The summed E-state index contributed by atoms with van der Waals surface area (Å²) in [5.74, 6) is -0.0506. The highest BCUT2D eigenvalue weighted by atomic mass is 16.4. The van der Waals surface area contributed by atoms with Gasteiger partial charge in [-0.3, -0.25) is 14.5 Å². The van der Waals surface area contributed by atoms with E-state index in [1.807, 2.05) is 36.4 Å². The lowest BCUT2D eigenvalue weighted by atomic mass is 9.80. The molecule has 1 aromatic heterocycles. The Morgan fingerprint density at radius 1 is 1.04 bits per heavy atom. The zero-order chi connectivity index (χ0) is 18.9. The van der Waals surface area contributed by atoms with Crippen molar-refractivity contribution in [3.05, 3.63) is 59.5 Å². The molecule has 2 aliphatic rings. The van der Waals surface area contributed by atoms with Gasteiger partial charge in [0.1, 0.15) is 11.2 Å². The summed E-state index contributed by atoms with van der Waals surface area (Å²) in [4.78, 5) is 28.8. The van der Waals surface area contributed by atoms with E-state index in [0.29, 0.717) is 18.7 Å². The van der Waals surface area contributed by atoms with Gasteiger partial charge >= 0.3 is 5.97 Å². The van der Waals surface area contributed by atoms with Gasteiger partial charge in [-0.25, -0.2) is 0 Å². The van der Waals surface area contributed by atoms with Gasteiger partial charge in [-0.05, 0) is 50.0 Å². The van der Waals surface area contributed by atoms with Gasteiger partial charge in [0, 0.05) is 13.1 Å². The minimum absolute atomic E-state index is 0.160. The molecule has 2 fully saturated rings. The lowest BCUT2D eigenvalue weighted by Gasteiger charge is -2.25. The highest BCUT2D eigenvalue weighted by Crippen LogP contribution is 2.35. The third-order valence-corrected chi connectivity index (χ3v) is 5.74. The average molecular weight is 368 g/mol. The third kappa shape index (κ3) is 3.37. The maximum atomic E-state index is 12.9. The molecule has 142 valence electrons. The van der Waals surface area contributed by atoms with E-state index in [-0.39, 0.29) is 12.5 Å². The Labute approximate surface area is 158 Å². The molecule has 6 nitrogen and oxygen atoms in total. The number of hydrogen-bond acceptors (Lipinski definition) is 4. The van der Waals surface area contributed by atoms with Crippen molar-refractivity contribution in [2.75, 3.05) is 26.2 Å². The summed E-state index contributed by atoms with van der Waals surface area (Å²) in [7, 11) is 0. The Bertz CT molecular complexity index is 826. The van der Waals surface area contributed by atoms with Crippen molar-refractivity contribution in [3.63, 3.8) is 0 Å². The van der Waals surface area contributed by atoms with E-state index in [0.717, 1.165) is 31.0 Å². The van der Waals surface area contributed by atoms with Crippen LogP contribution in [0.1, 0.15) is 41.1 Å². The summed E-state index contributed by atoms with van der Waals surface area (Å²) in [5, 5.41) is 9.88. The maximum absolute atomic E-state index is 12.9. The van der Waals surface area contributed by atoms with Crippen LogP contribution in [0.15, 0.2) is 46.9 Å². The van der Waals surface area contributed by atoms with Crippen LogP contribution >= 0.6 is 0 Å². The average Bonchev–Trinajstić information content (AvgIpc) is 3.43. The fraction of sp³-hybridized carbons (Fsp3) is 0.429. The number of rotatable bonds is 5. The summed E-state index contributed by atoms with van der Waals surface area (Å²) >= 11 is 0. The number of carbonyl (C=O) groups excluding carboxylic acids is 1. The molecule has 1 unspecified atom stereocenters. The Morgan fingerprint density at radius 2 is 1.78 bits per heavy atom. The van der Waals surface area contributed by atoms with Gasteiger partial charge in [-0.2, -0.15) is 0 Å². The van der Waals surface area contributed by atoms with Gasteiger partial charge in [0.25, 0.3) is 5.91 Å². The molecule has 27 heavy (non-hydrogen) atoms. The number of amides is 1. The van der Waals surface area contributed by atoms with Crippen LogP contribution in [0.2, 0.25) is 0 Å². The lowest BCUT2D eigenvalue weighted by Crippen LogP contribution is -2.40. The number of aliphatic carboxylic acids is 1. The second-order valence-corrected chi connectivity index (χ2v) is 7.48. The molecule has 1 aromatic carbocycles. The third-order valence-electron chi connectivity index (χ3n) is 5.74. The summed E-state index contributed by atoms with van der Waals surface area (Å²) in [6.45, 7) is 3.41. The van der Waals surface area contributed by atoms with Crippen LogP contribution in [-0.2, 0) is 16.8 Å². The number of benzene rings is 1. The summed E-state index contributed by atoms with van der Waals surface area (Å²) in [5.41, 5.74) is -0.316. The van der Waals surface area contributed by atoms with E-state index in [1.165, 1.54) is 12.8 Å². The molecule has 0 saturated carbocycles. The van der Waals surface area contributed by atoms with Gasteiger partial charge in [0.2, 0.25) is 0 Å². The zero-order valence-corrected chi connectivity index (χ0v) is 15.3. The largest absolute Gasteiger partial charge is 0.481 e. The Morgan fingerprint density at radius 3 is 2.48 bits per heavy atom. The van der Waals surface area contributed by atoms with E-state index in [4.69, 9.17) is 4.42 Å². The van der Waals surface area contributed by atoms with Crippen molar-refractivity contribution in [1.29, 1.82) is 0 Å². The molecule has 1 atom stereocenters. The number of carboxylic acid groups (broad SMARTS) is 1. The molecule has 4 rings (SSSR count). The normalized spacial score (nSPS) is 23.0. The molecule has 1 amide bonds. The first-order chi connectivity index (χ1) is 13.1. The number of furan rings is 1. The summed E-state index contributed by atoms with van der Waals surface area (Å²) in [6, 6.07) is 12.7. The van der Waals surface area contributed by atoms with Gasteiger partial charge in [-0.15, -0.1) is 0 Å². The molecule has 2 aromatic rings. The van der Waals surface area contributed by atoms with Crippen LogP contribution in [-0.4, -0.2) is 53.0 Å². The molecule has 1 N–H and O–H groups in total. The molecule has 2 saturated heterocycles. The second-order valence-electron chi connectivity index (χ2n) is 7.48. The van der Waals surface area contributed by atoms with E-state index in [1.54, 1.807) is 11.0 Å². The highest BCUT2D eigenvalue weighted by Gasteiger charge is 2.48. The van der Waals surface area contributed by atoms with Gasteiger partial charge in [0.15, 0.2) is 5.76 Å². The monoisotopic (exact) mass is 368 g/mol. The fourth-order valence-electron chi connectivity index (χ4n) is 4.17. The first-order valence-electron chi connectivity index (χ1n) is 9.48. The molecular weight excluding hydrogens is 344 g/mol. The molecule has 0 bridgehead atoms. The van der Waals surface area contributed by atoms with Crippen molar-refractivity contribution in [3.8, 4) is 0 Å². The molecule has 6 heteroatoms. The number of carbonyl (C=O) groups is 2. The summed E-state index contributed by atoms with van der Waals surface area (Å²) < 4.78 is 5.77. The second kappa shape index (κ2) is 7.19. The quantitative estimate of drug-likeness (QED) is 0.878. The first-order valence-corrected chi connectivity index (χ1v) is 9.48. The molecule has 0 spiro atoms. The zero-order valence-electron chi connectivity index (χ0n) is 15.3. The first kappa shape index (κ1) is 17.8. The van der Waals surface area contributed by atoms with E-state index >= 15 is 0 Å². The number of carboxylic acids is 1. The van der Waals surface area contributed by atoms with Gasteiger partial charge in [0.05, 0.1) is 6.54 Å². The van der Waals surface area contributed by atoms with E-state index in [9.17, 15) is 14.7 Å². The van der Waals surface area contributed by atoms with Crippen molar-refractivity contribution >= 4 is 11.9 Å². The smallest absolute Gasteiger partial charge is 0.316 e. The van der Waals surface area contributed by atoms with Crippen LogP contribution < -0.4 is 0 Å². The number of hydrogen-bond donors (Lipinski definition) is 1. The number of nitrogens with zero attached hydrogens (tertiary/aromatic N) is 2.